The van der Waals surface area contributed by atoms with Crippen molar-refractivity contribution < 1.29 is 14.0 Å². The number of anilines is 2. The van der Waals surface area contributed by atoms with Gasteiger partial charge in [0.15, 0.2) is 0 Å². The van der Waals surface area contributed by atoms with Gasteiger partial charge in [-0.25, -0.2) is 4.39 Å². The normalized spacial score (nSPS) is 21.6. The molecule has 4 nitrogen and oxygen atoms in total. The van der Waals surface area contributed by atoms with Crippen molar-refractivity contribution in [2.75, 3.05) is 16.8 Å². The van der Waals surface area contributed by atoms with Gasteiger partial charge in [0.2, 0.25) is 11.8 Å². The van der Waals surface area contributed by atoms with Crippen LogP contribution in [0.25, 0.3) is 0 Å². The van der Waals surface area contributed by atoms with Gasteiger partial charge in [0.05, 0.1) is 5.69 Å². The summed E-state index contributed by atoms with van der Waals surface area (Å²) in [6, 6.07) is 14.2. The Morgan fingerprint density at radius 1 is 0.926 bits per heavy atom. The molecular weight excluding hydrogens is 343 g/mol. The molecule has 0 spiro atoms. The Balaban J connectivity index is 1.34. The van der Waals surface area contributed by atoms with Crippen LogP contribution in [0.2, 0.25) is 0 Å². The number of fused-ring (bicyclic) bond motifs is 1. The Bertz CT molecular complexity index is 859. The summed E-state index contributed by atoms with van der Waals surface area (Å²) in [5.74, 6) is -0.610. The number of amides is 2. The molecule has 1 fully saturated rings. The number of hydrogen-bond donors (Lipinski definition) is 1. The van der Waals surface area contributed by atoms with Crippen molar-refractivity contribution in [3.8, 4) is 0 Å². The summed E-state index contributed by atoms with van der Waals surface area (Å²) in [5.41, 5.74) is 2.47. The van der Waals surface area contributed by atoms with Crippen LogP contribution in [0.3, 0.4) is 0 Å². The van der Waals surface area contributed by atoms with Crippen molar-refractivity contribution in [1.82, 2.24) is 0 Å². The quantitative estimate of drug-likeness (QED) is 0.887. The molecular formula is C22H23FN2O2. The fraction of sp³-hybridized carbons (Fsp3) is 0.364. The first-order chi connectivity index (χ1) is 13.1. The first kappa shape index (κ1) is 17.7. The molecule has 1 heterocycles. The maximum Gasteiger partial charge on any atom is 0.230 e. The van der Waals surface area contributed by atoms with Gasteiger partial charge >= 0.3 is 0 Å². The summed E-state index contributed by atoms with van der Waals surface area (Å²) in [5, 5.41) is 2.68. The minimum absolute atomic E-state index is 0.0336. The van der Waals surface area contributed by atoms with Gasteiger partial charge < -0.3 is 10.2 Å². The Kier molecular flexibility index (Phi) is 4.92. The van der Waals surface area contributed by atoms with E-state index in [0.717, 1.165) is 18.7 Å². The second-order valence-electron chi connectivity index (χ2n) is 7.39. The lowest BCUT2D eigenvalue weighted by Gasteiger charge is -2.30. The lowest BCUT2D eigenvalue weighted by Crippen LogP contribution is -2.38. The lowest BCUT2D eigenvalue weighted by atomic mass is 9.81. The van der Waals surface area contributed by atoms with Gasteiger partial charge in [-0.1, -0.05) is 30.3 Å². The fourth-order valence-corrected chi connectivity index (χ4v) is 4.19. The average molecular weight is 366 g/mol. The fourth-order valence-electron chi connectivity index (χ4n) is 4.19. The molecule has 1 N–H and O–H groups in total. The number of carbonyl (C=O) groups excluding carboxylic acids is 2. The number of nitrogens with zero attached hydrogens (tertiary/aromatic N) is 1. The van der Waals surface area contributed by atoms with Crippen LogP contribution in [-0.2, 0) is 16.0 Å². The molecule has 0 atom stereocenters. The second-order valence-corrected chi connectivity index (χ2v) is 7.39. The van der Waals surface area contributed by atoms with E-state index < -0.39 is 5.82 Å². The van der Waals surface area contributed by atoms with Crippen molar-refractivity contribution in [3.05, 3.63) is 59.9 Å². The second kappa shape index (κ2) is 7.51. The SMILES string of the molecule is O=C(Nc1ccccc1F)C1CCC(C(=O)N2CCc3ccccc32)CC1. The van der Waals surface area contributed by atoms with E-state index in [1.807, 2.05) is 23.1 Å². The van der Waals surface area contributed by atoms with Gasteiger partial charge in [-0.2, -0.15) is 0 Å². The van der Waals surface area contributed by atoms with Crippen LogP contribution in [0.15, 0.2) is 48.5 Å². The van der Waals surface area contributed by atoms with E-state index in [9.17, 15) is 14.0 Å². The largest absolute Gasteiger partial charge is 0.323 e. The summed E-state index contributed by atoms with van der Waals surface area (Å²) >= 11 is 0. The predicted octanol–water partition coefficient (Wildman–Crippen LogP) is 4.16. The third-order valence-corrected chi connectivity index (χ3v) is 5.73. The van der Waals surface area contributed by atoms with Crippen LogP contribution in [0.1, 0.15) is 31.2 Å². The minimum Gasteiger partial charge on any atom is -0.323 e. The van der Waals surface area contributed by atoms with Gasteiger partial charge in [0.25, 0.3) is 0 Å². The van der Waals surface area contributed by atoms with Gasteiger partial charge in [0, 0.05) is 24.1 Å². The zero-order chi connectivity index (χ0) is 18.8. The molecule has 27 heavy (non-hydrogen) atoms. The highest BCUT2D eigenvalue weighted by Crippen LogP contribution is 2.35. The summed E-state index contributed by atoms with van der Waals surface area (Å²) in [6.45, 7) is 0.742. The van der Waals surface area contributed by atoms with Crippen molar-refractivity contribution in [2.45, 2.75) is 32.1 Å². The molecule has 0 saturated heterocycles. The van der Waals surface area contributed by atoms with Crippen LogP contribution < -0.4 is 10.2 Å². The monoisotopic (exact) mass is 366 g/mol. The molecule has 2 aromatic carbocycles. The zero-order valence-corrected chi connectivity index (χ0v) is 15.2. The van der Waals surface area contributed by atoms with Crippen LogP contribution >= 0.6 is 0 Å². The molecule has 2 amide bonds. The third kappa shape index (κ3) is 3.59. The van der Waals surface area contributed by atoms with E-state index in [-0.39, 0.29) is 29.3 Å². The number of para-hydroxylation sites is 2. The zero-order valence-electron chi connectivity index (χ0n) is 15.2. The topological polar surface area (TPSA) is 49.4 Å². The van der Waals surface area contributed by atoms with E-state index >= 15 is 0 Å². The smallest absolute Gasteiger partial charge is 0.230 e. The van der Waals surface area contributed by atoms with Gasteiger partial charge in [-0.15, -0.1) is 0 Å². The van der Waals surface area contributed by atoms with Crippen LogP contribution in [0.4, 0.5) is 15.8 Å². The van der Waals surface area contributed by atoms with Crippen LogP contribution in [-0.4, -0.2) is 18.4 Å². The number of rotatable bonds is 3. The standard InChI is InChI=1S/C22H23FN2O2/c23-18-6-2-3-7-19(18)24-21(26)16-9-11-17(12-10-16)22(27)25-14-13-15-5-1-4-8-20(15)25/h1-8,16-17H,9-14H2,(H,24,26). The number of nitrogens with one attached hydrogen (secondary N) is 1. The van der Waals surface area contributed by atoms with Gasteiger partial charge in [-0.05, 0) is 55.9 Å². The molecule has 5 heteroatoms. The van der Waals surface area contributed by atoms with Gasteiger partial charge in [-0.3, -0.25) is 9.59 Å². The van der Waals surface area contributed by atoms with Crippen LogP contribution in [0.5, 0.6) is 0 Å². The molecule has 0 radical (unpaired) electrons. The van der Waals surface area contributed by atoms with Gasteiger partial charge in [0.1, 0.15) is 5.82 Å². The molecule has 2 aliphatic rings. The summed E-state index contributed by atoms with van der Waals surface area (Å²) in [6.07, 6.45) is 3.63. The van der Waals surface area contributed by atoms with Crippen molar-refractivity contribution >= 4 is 23.2 Å². The number of benzene rings is 2. The molecule has 1 aliphatic carbocycles. The molecule has 1 aliphatic heterocycles. The molecule has 0 aromatic heterocycles. The molecule has 2 aromatic rings. The highest BCUT2D eigenvalue weighted by molar-refractivity contribution is 5.97. The maximum absolute atomic E-state index is 13.7. The van der Waals surface area contributed by atoms with E-state index in [0.29, 0.717) is 25.7 Å². The van der Waals surface area contributed by atoms with E-state index in [4.69, 9.17) is 0 Å². The Hall–Kier alpha value is -2.69. The number of hydrogen-bond acceptors (Lipinski definition) is 2. The lowest BCUT2D eigenvalue weighted by molar-refractivity contribution is -0.126. The first-order valence-corrected chi connectivity index (χ1v) is 9.58. The minimum atomic E-state index is -0.428. The molecule has 140 valence electrons. The Labute approximate surface area is 158 Å². The van der Waals surface area contributed by atoms with Crippen molar-refractivity contribution in [1.29, 1.82) is 0 Å². The van der Waals surface area contributed by atoms with Crippen LogP contribution in [0, 0.1) is 17.7 Å². The van der Waals surface area contributed by atoms with E-state index in [2.05, 4.69) is 11.4 Å². The Morgan fingerprint density at radius 3 is 2.37 bits per heavy atom. The summed E-state index contributed by atoms with van der Waals surface area (Å²) in [7, 11) is 0. The van der Waals surface area contributed by atoms with Crippen molar-refractivity contribution in [2.24, 2.45) is 11.8 Å². The molecule has 4 rings (SSSR count). The van der Waals surface area contributed by atoms with Crippen molar-refractivity contribution in [3.63, 3.8) is 0 Å². The highest BCUT2D eigenvalue weighted by atomic mass is 19.1. The first-order valence-electron chi connectivity index (χ1n) is 9.58. The number of carbonyl (C=O) groups is 2. The highest BCUT2D eigenvalue weighted by Gasteiger charge is 2.34. The summed E-state index contributed by atoms with van der Waals surface area (Å²) in [4.78, 5) is 27.3. The average Bonchev–Trinajstić information content (AvgIpc) is 3.13. The third-order valence-electron chi connectivity index (χ3n) is 5.73. The Morgan fingerprint density at radius 2 is 1.59 bits per heavy atom. The van der Waals surface area contributed by atoms with E-state index in [1.165, 1.54) is 11.6 Å². The van der Waals surface area contributed by atoms with E-state index in [1.54, 1.807) is 18.2 Å². The molecule has 0 unspecified atom stereocenters. The molecule has 0 bridgehead atoms. The summed E-state index contributed by atoms with van der Waals surface area (Å²) < 4.78 is 13.7. The number of halogens is 1. The maximum atomic E-state index is 13.7. The molecule has 1 saturated carbocycles. The predicted molar refractivity (Wildman–Crippen MR) is 103 cm³/mol.